The van der Waals surface area contributed by atoms with Crippen LogP contribution in [-0.4, -0.2) is 33.9 Å². The van der Waals surface area contributed by atoms with E-state index < -0.39 is 0 Å². The molecule has 166 valence electrons. The minimum Gasteiger partial charge on any atom is -0.368 e. The zero-order valence-corrected chi connectivity index (χ0v) is 18.3. The molecular formula is C25H27FN4O2. The number of carbonyl (C=O) groups is 2. The van der Waals surface area contributed by atoms with E-state index in [4.69, 9.17) is 5.73 Å². The van der Waals surface area contributed by atoms with Crippen LogP contribution in [0.5, 0.6) is 0 Å². The molecule has 7 heteroatoms. The number of hydrogen-bond acceptors (Lipinski definition) is 3. The lowest BCUT2D eigenvalue weighted by atomic mass is 10.1. The minimum absolute atomic E-state index is 0.209. The summed E-state index contributed by atoms with van der Waals surface area (Å²) in [6, 6.07) is 15.4. The van der Waals surface area contributed by atoms with Gasteiger partial charge in [0.1, 0.15) is 5.82 Å². The average molecular weight is 435 g/mol. The van der Waals surface area contributed by atoms with Crippen LogP contribution >= 0.6 is 0 Å². The van der Waals surface area contributed by atoms with Gasteiger partial charge >= 0.3 is 0 Å². The number of benzene rings is 2. The van der Waals surface area contributed by atoms with Crippen LogP contribution in [0, 0.1) is 19.7 Å². The largest absolute Gasteiger partial charge is 0.368 e. The van der Waals surface area contributed by atoms with Crippen LogP contribution < -0.4 is 11.1 Å². The van der Waals surface area contributed by atoms with Gasteiger partial charge in [-0.05, 0) is 81.3 Å². The number of amides is 2. The van der Waals surface area contributed by atoms with E-state index in [9.17, 15) is 14.0 Å². The standard InChI is InChI=1S/C25H27FN4O2/c1-16-13-22(17(2)30(16)21-10-8-19(26)9-11-21)25(32)28-20-6-3-5-18(14-20)15-29-12-4-7-23(29)24(27)31/h3,5-6,8-11,13-14,23H,4,7,12,15H2,1-2H3,(H2,27,31)(H,28,32). The fourth-order valence-electron chi connectivity index (χ4n) is 4.50. The molecule has 3 N–H and O–H groups in total. The maximum absolute atomic E-state index is 13.3. The fourth-order valence-corrected chi connectivity index (χ4v) is 4.50. The summed E-state index contributed by atoms with van der Waals surface area (Å²) in [7, 11) is 0. The number of primary amides is 1. The van der Waals surface area contributed by atoms with E-state index in [0.717, 1.165) is 42.0 Å². The van der Waals surface area contributed by atoms with Crippen molar-refractivity contribution in [2.24, 2.45) is 5.73 Å². The summed E-state index contributed by atoms with van der Waals surface area (Å²) in [5, 5.41) is 2.98. The number of likely N-dealkylation sites (tertiary alicyclic amines) is 1. The molecular weight excluding hydrogens is 407 g/mol. The first kappa shape index (κ1) is 21.8. The molecule has 1 unspecified atom stereocenters. The van der Waals surface area contributed by atoms with Crippen molar-refractivity contribution < 1.29 is 14.0 Å². The summed E-state index contributed by atoms with van der Waals surface area (Å²) in [6.07, 6.45) is 1.74. The van der Waals surface area contributed by atoms with Crippen LogP contribution in [0.2, 0.25) is 0 Å². The second-order valence-electron chi connectivity index (χ2n) is 8.28. The third-order valence-electron chi connectivity index (χ3n) is 6.02. The van der Waals surface area contributed by atoms with Gasteiger partial charge in [0.25, 0.3) is 5.91 Å². The van der Waals surface area contributed by atoms with Gasteiger partial charge in [-0.15, -0.1) is 0 Å². The average Bonchev–Trinajstić information content (AvgIpc) is 3.33. The highest BCUT2D eigenvalue weighted by Crippen LogP contribution is 2.24. The van der Waals surface area contributed by atoms with Crippen molar-refractivity contribution in [2.45, 2.75) is 39.3 Å². The Morgan fingerprint density at radius 3 is 2.59 bits per heavy atom. The van der Waals surface area contributed by atoms with Crippen molar-refractivity contribution in [1.29, 1.82) is 0 Å². The summed E-state index contributed by atoms with van der Waals surface area (Å²) < 4.78 is 15.2. The van der Waals surface area contributed by atoms with Gasteiger partial charge in [-0.2, -0.15) is 0 Å². The number of carbonyl (C=O) groups excluding carboxylic acids is 2. The molecule has 1 atom stereocenters. The molecule has 2 amide bonds. The molecule has 6 nitrogen and oxygen atoms in total. The van der Waals surface area contributed by atoms with Gasteiger partial charge in [-0.25, -0.2) is 4.39 Å². The molecule has 0 radical (unpaired) electrons. The molecule has 32 heavy (non-hydrogen) atoms. The van der Waals surface area contributed by atoms with Gasteiger partial charge < -0.3 is 15.6 Å². The first-order valence-corrected chi connectivity index (χ1v) is 10.7. The molecule has 2 aromatic carbocycles. The number of hydrogen-bond donors (Lipinski definition) is 2. The number of nitrogens with one attached hydrogen (secondary N) is 1. The van der Waals surface area contributed by atoms with Crippen molar-refractivity contribution in [3.8, 4) is 5.69 Å². The summed E-state index contributed by atoms with van der Waals surface area (Å²) >= 11 is 0. The molecule has 1 aliphatic rings. The summed E-state index contributed by atoms with van der Waals surface area (Å²) in [5.74, 6) is -0.798. The Bertz CT molecular complexity index is 1150. The van der Waals surface area contributed by atoms with E-state index in [1.807, 2.05) is 48.7 Å². The summed E-state index contributed by atoms with van der Waals surface area (Å²) in [4.78, 5) is 26.8. The Labute approximate surface area is 186 Å². The molecule has 3 aromatic rings. The van der Waals surface area contributed by atoms with Crippen LogP contribution in [-0.2, 0) is 11.3 Å². The van der Waals surface area contributed by atoms with Crippen LogP contribution in [0.4, 0.5) is 10.1 Å². The third-order valence-corrected chi connectivity index (χ3v) is 6.02. The monoisotopic (exact) mass is 434 g/mol. The number of nitrogens with zero attached hydrogens (tertiary/aromatic N) is 2. The zero-order chi connectivity index (χ0) is 22.8. The lowest BCUT2D eigenvalue weighted by molar-refractivity contribution is -0.122. The number of aromatic nitrogens is 1. The number of nitrogens with two attached hydrogens (primary N) is 1. The highest BCUT2D eigenvalue weighted by Gasteiger charge is 2.28. The Kier molecular flexibility index (Phi) is 6.10. The molecule has 1 fully saturated rings. The van der Waals surface area contributed by atoms with Gasteiger partial charge in [-0.3, -0.25) is 14.5 Å². The summed E-state index contributed by atoms with van der Waals surface area (Å²) in [5.41, 5.74) is 10.3. The maximum Gasteiger partial charge on any atom is 0.257 e. The number of anilines is 1. The van der Waals surface area contributed by atoms with Crippen LogP contribution in [0.15, 0.2) is 54.6 Å². The Hall–Kier alpha value is -3.45. The zero-order valence-electron chi connectivity index (χ0n) is 18.3. The topological polar surface area (TPSA) is 80.4 Å². The van der Waals surface area contributed by atoms with Crippen molar-refractivity contribution in [1.82, 2.24) is 9.47 Å². The van der Waals surface area contributed by atoms with E-state index in [2.05, 4.69) is 10.2 Å². The lowest BCUT2D eigenvalue weighted by Gasteiger charge is -2.22. The predicted molar refractivity (Wildman–Crippen MR) is 122 cm³/mol. The third kappa shape index (κ3) is 4.43. The Balaban J connectivity index is 1.51. The predicted octanol–water partition coefficient (Wildman–Crippen LogP) is 3.94. The smallest absolute Gasteiger partial charge is 0.257 e. The fraction of sp³-hybridized carbons (Fsp3) is 0.280. The molecule has 0 bridgehead atoms. The summed E-state index contributed by atoms with van der Waals surface area (Å²) in [6.45, 7) is 5.23. The lowest BCUT2D eigenvalue weighted by Crippen LogP contribution is -2.39. The minimum atomic E-state index is -0.301. The highest BCUT2D eigenvalue weighted by atomic mass is 19.1. The van der Waals surface area contributed by atoms with E-state index in [-0.39, 0.29) is 23.7 Å². The molecule has 0 aliphatic carbocycles. The van der Waals surface area contributed by atoms with Crippen LogP contribution in [0.1, 0.15) is 40.2 Å². The van der Waals surface area contributed by atoms with Crippen molar-refractivity contribution in [2.75, 3.05) is 11.9 Å². The van der Waals surface area contributed by atoms with Crippen molar-refractivity contribution in [3.63, 3.8) is 0 Å². The van der Waals surface area contributed by atoms with Crippen LogP contribution in [0.3, 0.4) is 0 Å². The maximum atomic E-state index is 13.3. The Morgan fingerprint density at radius 1 is 1.12 bits per heavy atom. The van der Waals surface area contributed by atoms with Crippen LogP contribution in [0.25, 0.3) is 5.69 Å². The van der Waals surface area contributed by atoms with Gasteiger partial charge in [0.05, 0.1) is 11.6 Å². The van der Waals surface area contributed by atoms with E-state index in [1.54, 1.807) is 12.1 Å². The number of aryl methyl sites for hydroxylation is 1. The molecule has 1 aromatic heterocycles. The number of halogens is 1. The van der Waals surface area contributed by atoms with E-state index in [0.29, 0.717) is 17.8 Å². The molecule has 0 saturated carbocycles. The van der Waals surface area contributed by atoms with Gasteiger partial charge in [0.15, 0.2) is 0 Å². The van der Waals surface area contributed by atoms with Gasteiger partial charge in [-0.1, -0.05) is 12.1 Å². The second kappa shape index (κ2) is 8.96. The van der Waals surface area contributed by atoms with Gasteiger partial charge in [0.2, 0.25) is 5.91 Å². The highest BCUT2D eigenvalue weighted by molar-refractivity contribution is 6.05. The molecule has 4 rings (SSSR count). The van der Waals surface area contributed by atoms with Crippen molar-refractivity contribution >= 4 is 17.5 Å². The Morgan fingerprint density at radius 2 is 1.88 bits per heavy atom. The van der Waals surface area contributed by atoms with E-state index in [1.165, 1.54) is 12.1 Å². The quantitative estimate of drug-likeness (QED) is 0.617. The number of rotatable bonds is 6. The molecule has 0 spiro atoms. The SMILES string of the molecule is Cc1cc(C(=O)Nc2cccc(CN3CCCC3C(N)=O)c2)c(C)n1-c1ccc(F)cc1. The normalized spacial score (nSPS) is 16.3. The van der Waals surface area contributed by atoms with Gasteiger partial charge in [0, 0.05) is 29.3 Å². The molecule has 1 aliphatic heterocycles. The van der Waals surface area contributed by atoms with E-state index >= 15 is 0 Å². The molecule has 1 saturated heterocycles. The van der Waals surface area contributed by atoms with Crippen molar-refractivity contribution in [3.05, 3.63) is 82.9 Å². The molecule has 2 heterocycles. The first-order valence-electron chi connectivity index (χ1n) is 10.7. The second-order valence-corrected chi connectivity index (χ2v) is 8.28. The first-order chi connectivity index (χ1) is 15.3.